The highest BCUT2D eigenvalue weighted by Gasteiger charge is 2.10. The highest BCUT2D eigenvalue weighted by molar-refractivity contribution is 6.29. The van der Waals surface area contributed by atoms with Crippen LogP contribution < -0.4 is 5.73 Å². The summed E-state index contributed by atoms with van der Waals surface area (Å²) in [4.78, 5) is 28.7. The van der Waals surface area contributed by atoms with Gasteiger partial charge in [0.25, 0.3) is 0 Å². The van der Waals surface area contributed by atoms with E-state index in [9.17, 15) is 4.79 Å². The number of rotatable bonds is 5. The molecule has 3 aromatic heterocycles. The molecule has 0 saturated heterocycles. The molecule has 0 fully saturated rings. The summed E-state index contributed by atoms with van der Waals surface area (Å²) in [5, 5.41) is 1.24. The van der Waals surface area contributed by atoms with Crippen molar-refractivity contribution in [2.24, 2.45) is 0 Å². The van der Waals surface area contributed by atoms with E-state index in [1.165, 1.54) is 6.33 Å². The Bertz CT molecular complexity index is 1140. The van der Waals surface area contributed by atoms with Crippen molar-refractivity contribution in [3.8, 4) is 0 Å². The first kappa shape index (κ1) is 17.2. The third-order valence-electron chi connectivity index (χ3n) is 4.10. The van der Waals surface area contributed by atoms with Gasteiger partial charge in [0.05, 0.1) is 24.0 Å². The number of nitrogen functional groups attached to an aromatic ring is 1. The maximum Gasteiger partial charge on any atom is 0.338 e. The standard InChI is InChI=1S/C18H15ClN6O2/c19-14-5-3-11-8-12(2-4-13(11)24-14)18(26)27-7-1-6-25-10-23-15-16(20)21-9-22-17(15)25/h2-5,8-10H,1,6-7H2,(H2,20,21,22). The van der Waals surface area contributed by atoms with Crippen LogP contribution in [0.5, 0.6) is 0 Å². The highest BCUT2D eigenvalue weighted by Crippen LogP contribution is 2.18. The first-order valence-electron chi connectivity index (χ1n) is 8.26. The summed E-state index contributed by atoms with van der Waals surface area (Å²) < 4.78 is 7.21. The molecule has 0 amide bonds. The maximum absolute atomic E-state index is 12.2. The van der Waals surface area contributed by atoms with Crippen LogP contribution in [0.2, 0.25) is 5.15 Å². The van der Waals surface area contributed by atoms with Gasteiger partial charge in [-0.3, -0.25) is 0 Å². The second kappa shape index (κ2) is 7.16. The Balaban J connectivity index is 1.36. The van der Waals surface area contributed by atoms with E-state index in [0.717, 1.165) is 10.9 Å². The molecule has 0 spiro atoms. The van der Waals surface area contributed by atoms with Gasteiger partial charge in [0.2, 0.25) is 0 Å². The van der Waals surface area contributed by atoms with Crippen molar-refractivity contribution in [2.45, 2.75) is 13.0 Å². The molecule has 9 heteroatoms. The predicted molar refractivity (Wildman–Crippen MR) is 101 cm³/mol. The van der Waals surface area contributed by atoms with Gasteiger partial charge < -0.3 is 15.0 Å². The van der Waals surface area contributed by atoms with Crippen LogP contribution in [0.3, 0.4) is 0 Å². The molecule has 0 radical (unpaired) electrons. The predicted octanol–water partition coefficient (Wildman–Crippen LogP) is 2.86. The number of nitrogens with zero attached hydrogens (tertiary/aromatic N) is 5. The summed E-state index contributed by atoms with van der Waals surface area (Å²) in [5.74, 6) is -0.0360. The number of esters is 1. The maximum atomic E-state index is 12.2. The summed E-state index contributed by atoms with van der Waals surface area (Å²) in [6.45, 7) is 0.871. The number of carbonyl (C=O) groups excluding carboxylic acids is 1. The summed E-state index contributed by atoms with van der Waals surface area (Å²) in [7, 11) is 0. The Kier molecular flexibility index (Phi) is 4.55. The van der Waals surface area contributed by atoms with Crippen molar-refractivity contribution in [2.75, 3.05) is 12.3 Å². The molecule has 8 nitrogen and oxygen atoms in total. The number of hydrogen-bond acceptors (Lipinski definition) is 7. The first-order chi connectivity index (χ1) is 13.1. The number of imidazole rings is 1. The minimum Gasteiger partial charge on any atom is -0.462 e. The second-order valence-corrected chi connectivity index (χ2v) is 6.29. The zero-order valence-corrected chi connectivity index (χ0v) is 14.9. The lowest BCUT2D eigenvalue weighted by Crippen LogP contribution is -2.09. The van der Waals surface area contributed by atoms with Gasteiger partial charge in [-0.2, -0.15) is 0 Å². The Morgan fingerprint density at radius 1 is 1.19 bits per heavy atom. The Labute approximate surface area is 159 Å². The molecular weight excluding hydrogens is 368 g/mol. The summed E-state index contributed by atoms with van der Waals surface area (Å²) in [6.07, 6.45) is 3.67. The minimum absolute atomic E-state index is 0.274. The van der Waals surface area contributed by atoms with Gasteiger partial charge in [0.1, 0.15) is 17.0 Å². The number of nitrogens with two attached hydrogens (primary N) is 1. The molecule has 0 bridgehead atoms. The lowest BCUT2D eigenvalue weighted by Gasteiger charge is -2.07. The Morgan fingerprint density at radius 3 is 2.96 bits per heavy atom. The molecule has 0 aliphatic carbocycles. The molecule has 0 aliphatic rings. The smallest absolute Gasteiger partial charge is 0.338 e. The number of aromatic nitrogens is 5. The lowest BCUT2D eigenvalue weighted by molar-refractivity contribution is 0.0496. The fourth-order valence-corrected chi connectivity index (χ4v) is 2.93. The van der Waals surface area contributed by atoms with E-state index < -0.39 is 0 Å². The monoisotopic (exact) mass is 382 g/mol. The number of anilines is 1. The first-order valence-corrected chi connectivity index (χ1v) is 8.64. The van der Waals surface area contributed by atoms with Crippen molar-refractivity contribution >= 4 is 45.5 Å². The highest BCUT2D eigenvalue weighted by atomic mass is 35.5. The van der Waals surface area contributed by atoms with Crippen LogP contribution in [-0.2, 0) is 11.3 Å². The lowest BCUT2D eigenvalue weighted by atomic mass is 10.1. The van der Waals surface area contributed by atoms with Crippen LogP contribution in [-0.4, -0.2) is 37.1 Å². The second-order valence-electron chi connectivity index (χ2n) is 5.90. The third-order valence-corrected chi connectivity index (χ3v) is 4.31. The van der Waals surface area contributed by atoms with Crippen molar-refractivity contribution < 1.29 is 9.53 Å². The molecule has 0 saturated carbocycles. The van der Waals surface area contributed by atoms with E-state index >= 15 is 0 Å². The van der Waals surface area contributed by atoms with E-state index in [0.29, 0.717) is 40.7 Å². The van der Waals surface area contributed by atoms with Gasteiger partial charge >= 0.3 is 5.97 Å². The quantitative estimate of drug-likeness (QED) is 0.321. The van der Waals surface area contributed by atoms with Crippen LogP contribution in [0.25, 0.3) is 22.1 Å². The summed E-state index contributed by atoms with van der Waals surface area (Å²) in [6, 6.07) is 8.67. The number of benzene rings is 1. The zero-order valence-electron chi connectivity index (χ0n) is 14.2. The molecule has 4 rings (SSSR count). The molecule has 27 heavy (non-hydrogen) atoms. The molecule has 3 heterocycles. The van der Waals surface area contributed by atoms with Crippen LogP contribution >= 0.6 is 11.6 Å². The van der Waals surface area contributed by atoms with Gasteiger partial charge in [-0.05, 0) is 36.8 Å². The number of pyridine rings is 1. The summed E-state index contributed by atoms with van der Waals surface area (Å²) >= 11 is 5.87. The van der Waals surface area contributed by atoms with E-state index in [1.54, 1.807) is 30.6 Å². The molecule has 4 aromatic rings. The van der Waals surface area contributed by atoms with Crippen LogP contribution in [0.4, 0.5) is 5.82 Å². The number of carbonyl (C=O) groups is 1. The Hall–Kier alpha value is -3.26. The van der Waals surface area contributed by atoms with Gasteiger partial charge in [-0.25, -0.2) is 24.7 Å². The average Bonchev–Trinajstić information content (AvgIpc) is 3.09. The van der Waals surface area contributed by atoms with E-state index in [2.05, 4.69) is 19.9 Å². The summed E-state index contributed by atoms with van der Waals surface area (Å²) in [5.41, 5.74) is 8.20. The SMILES string of the molecule is Nc1ncnc2c1ncn2CCCOC(=O)c1ccc2nc(Cl)ccc2c1. The van der Waals surface area contributed by atoms with Gasteiger partial charge in [0, 0.05) is 11.9 Å². The molecule has 0 aliphatic heterocycles. The number of halogens is 1. The molecule has 0 atom stereocenters. The van der Waals surface area contributed by atoms with Gasteiger partial charge in [-0.15, -0.1) is 0 Å². The number of aryl methyl sites for hydroxylation is 1. The van der Waals surface area contributed by atoms with Gasteiger partial charge in [-0.1, -0.05) is 11.6 Å². The van der Waals surface area contributed by atoms with Crippen LogP contribution in [0.15, 0.2) is 43.0 Å². The van der Waals surface area contributed by atoms with Crippen molar-refractivity contribution in [3.05, 3.63) is 53.7 Å². The molecule has 2 N–H and O–H groups in total. The van der Waals surface area contributed by atoms with Crippen molar-refractivity contribution in [1.29, 1.82) is 0 Å². The van der Waals surface area contributed by atoms with Crippen LogP contribution in [0.1, 0.15) is 16.8 Å². The topological polar surface area (TPSA) is 109 Å². The van der Waals surface area contributed by atoms with Crippen LogP contribution in [0, 0.1) is 0 Å². The fraction of sp³-hybridized carbons (Fsp3) is 0.167. The zero-order chi connectivity index (χ0) is 18.8. The van der Waals surface area contributed by atoms with Gasteiger partial charge in [0.15, 0.2) is 11.5 Å². The third kappa shape index (κ3) is 3.52. The van der Waals surface area contributed by atoms with E-state index in [4.69, 9.17) is 22.1 Å². The Morgan fingerprint density at radius 2 is 2.07 bits per heavy atom. The largest absolute Gasteiger partial charge is 0.462 e. The number of hydrogen-bond donors (Lipinski definition) is 1. The molecular formula is C18H15ClN6O2. The van der Waals surface area contributed by atoms with Crippen molar-refractivity contribution in [1.82, 2.24) is 24.5 Å². The normalized spacial score (nSPS) is 11.1. The molecule has 136 valence electrons. The molecule has 0 unspecified atom stereocenters. The molecule has 1 aromatic carbocycles. The van der Waals surface area contributed by atoms with Crippen molar-refractivity contribution in [3.63, 3.8) is 0 Å². The van der Waals surface area contributed by atoms with E-state index in [-0.39, 0.29) is 12.6 Å². The van der Waals surface area contributed by atoms with E-state index in [1.807, 2.05) is 10.6 Å². The number of fused-ring (bicyclic) bond motifs is 2. The average molecular weight is 383 g/mol. The number of ether oxygens (including phenoxy) is 1. The minimum atomic E-state index is -0.381. The fourth-order valence-electron chi connectivity index (χ4n) is 2.77.